The van der Waals surface area contributed by atoms with Gasteiger partial charge in [0.2, 0.25) is 5.91 Å². The van der Waals surface area contributed by atoms with Gasteiger partial charge in [-0.1, -0.05) is 29.3 Å². The Kier molecular flexibility index (Phi) is 5.35. The first-order chi connectivity index (χ1) is 12.4. The van der Waals surface area contributed by atoms with Crippen LogP contribution in [0.2, 0.25) is 0 Å². The minimum atomic E-state index is -0.287. The van der Waals surface area contributed by atoms with Crippen LogP contribution in [0.4, 0.5) is 4.39 Å². The van der Waals surface area contributed by atoms with Gasteiger partial charge in [0.1, 0.15) is 5.82 Å². The summed E-state index contributed by atoms with van der Waals surface area (Å²) in [6.45, 7) is 4.49. The lowest BCUT2D eigenvalue weighted by atomic mass is 10.0. The van der Waals surface area contributed by atoms with Crippen molar-refractivity contribution < 1.29 is 14.0 Å². The summed E-state index contributed by atoms with van der Waals surface area (Å²) < 4.78 is 13.1. The van der Waals surface area contributed by atoms with Gasteiger partial charge in [-0.25, -0.2) is 4.39 Å². The maximum absolute atomic E-state index is 13.1. The number of aryl methyl sites for hydroxylation is 2. The zero-order valence-electron chi connectivity index (χ0n) is 15.1. The molecule has 3 rings (SSSR count). The maximum atomic E-state index is 13.1. The van der Waals surface area contributed by atoms with Gasteiger partial charge >= 0.3 is 0 Å². The van der Waals surface area contributed by atoms with E-state index >= 15 is 0 Å². The molecule has 0 saturated carbocycles. The number of hydrogen-bond donors (Lipinski definition) is 1. The highest BCUT2D eigenvalue weighted by atomic mass is 19.1. The molecular formula is C21H23FN2O2. The van der Waals surface area contributed by atoms with Crippen LogP contribution in [-0.4, -0.2) is 29.8 Å². The molecule has 1 fully saturated rings. The number of benzene rings is 2. The topological polar surface area (TPSA) is 49.4 Å². The first kappa shape index (κ1) is 18.1. The molecule has 1 aliphatic heterocycles. The average Bonchev–Trinajstić information content (AvgIpc) is 3.09. The lowest BCUT2D eigenvalue weighted by molar-refractivity contribution is -0.131. The van der Waals surface area contributed by atoms with Gasteiger partial charge in [0, 0.05) is 12.1 Å². The number of likely N-dealkylation sites (tertiary alicyclic amines) is 1. The number of carbonyl (C=O) groups excluding carboxylic acids is 2. The third kappa shape index (κ3) is 4.10. The number of nitrogens with one attached hydrogen (secondary N) is 1. The molecule has 2 amide bonds. The lowest BCUT2D eigenvalue weighted by Crippen LogP contribution is -2.39. The van der Waals surface area contributed by atoms with Gasteiger partial charge in [0.25, 0.3) is 5.91 Å². The van der Waals surface area contributed by atoms with Crippen LogP contribution in [0.25, 0.3) is 0 Å². The molecule has 5 heteroatoms. The van der Waals surface area contributed by atoms with Crippen LogP contribution in [0.1, 0.15) is 45.9 Å². The second kappa shape index (κ2) is 7.68. The second-order valence-corrected chi connectivity index (χ2v) is 6.86. The Balaban J connectivity index is 1.63. The molecule has 0 radical (unpaired) electrons. The summed E-state index contributed by atoms with van der Waals surface area (Å²) in [5.41, 5.74) is 3.51. The monoisotopic (exact) mass is 354 g/mol. The largest absolute Gasteiger partial charge is 0.343 e. The molecule has 2 aromatic rings. The summed E-state index contributed by atoms with van der Waals surface area (Å²) >= 11 is 0. The van der Waals surface area contributed by atoms with Crippen molar-refractivity contribution in [1.29, 1.82) is 0 Å². The highest BCUT2D eigenvalue weighted by molar-refractivity contribution is 5.96. The van der Waals surface area contributed by atoms with Crippen LogP contribution in [0, 0.1) is 19.7 Å². The molecule has 1 atom stereocenters. The van der Waals surface area contributed by atoms with Crippen LogP contribution >= 0.6 is 0 Å². The molecule has 136 valence electrons. The van der Waals surface area contributed by atoms with Crippen molar-refractivity contribution in [1.82, 2.24) is 10.2 Å². The highest BCUT2D eigenvalue weighted by Crippen LogP contribution is 2.31. The van der Waals surface area contributed by atoms with Crippen molar-refractivity contribution in [3.8, 4) is 0 Å². The van der Waals surface area contributed by atoms with E-state index in [4.69, 9.17) is 0 Å². The average molecular weight is 354 g/mol. The fourth-order valence-corrected chi connectivity index (χ4v) is 3.56. The van der Waals surface area contributed by atoms with E-state index in [1.165, 1.54) is 12.1 Å². The number of rotatable bonds is 4. The summed E-state index contributed by atoms with van der Waals surface area (Å²) in [6.07, 6.45) is 1.75. The predicted molar refractivity (Wildman–Crippen MR) is 98.3 cm³/mol. The first-order valence-corrected chi connectivity index (χ1v) is 8.85. The molecule has 0 spiro atoms. The summed E-state index contributed by atoms with van der Waals surface area (Å²) in [5, 5.41) is 2.72. The van der Waals surface area contributed by atoms with Crippen molar-refractivity contribution in [3.05, 3.63) is 70.5 Å². The molecule has 1 heterocycles. The number of hydrogen-bond acceptors (Lipinski definition) is 2. The molecule has 0 aromatic heterocycles. The zero-order chi connectivity index (χ0) is 18.7. The second-order valence-electron chi connectivity index (χ2n) is 6.86. The summed E-state index contributed by atoms with van der Waals surface area (Å²) in [4.78, 5) is 26.7. The van der Waals surface area contributed by atoms with Gasteiger partial charge in [-0.3, -0.25) is 9.59 Å². The van der Waals surface area contributed by atoms with Gasteiger partial charge in [-0.2, -0.15) is 0 Å². The van der Waals surface area contributed by atoms with Crippen LogP contribution < -0.4 is 5.32 Å². The van der Waals surface area contributed by atoms with Crippen molar-refractivity contribution >= 4 is 11.8 Å². The molecular weight excluding hydrogens is 331 g/mol. The van der Waals surface area contributed by atoms with Gasteiger partial charge in [0.15, 0.2) is 0 Å². The summed E-state index contributed by atoms with van der Waals surface area (Å²) in [5.74, 6) is -0.650. The Morgan fingerprint density at radius 1 is 1.12 bits per heavy atom. The van der Waals surface area contributed by atoms with E-state index in [9.17, 15) is 14.0 Å². The van der Waals surface area contributed by atoms with E-state index in [-0.39, 0.29) is 30.2 Å². The Morgan fingerprint density at radius 3 is 2.42 bits per heavy atom. The Morgan fingerprint density at radius 2 is 1.77 bits per heavy atom. The standard InChI is InChI=1S/C21H23FN2O2/c1-14-10-15(2)12-17(11-14)21(26)23-13-20(25)24-9-3-4-19(24)16-5-7-18(22)8-6-16/h5-8,10-12,19H,3-4,9,13H2,1-2H3,(H,23,26)/t19-/m1/s1. The Labute approximate surface area is 153 Å². The molecule has 0 unspecified atom stereocenters. The van der Waals surface area contributed by atoms with Crippen LogP contribution in [0.5, 0.6) is 0 Å². The van der Waals surface area contributed by atoms with Crippen molar-refractivity contribution in [3.63, 3.8) is 0 Å². The summed E-state index contributed by atoms with van der Waals surface area (Å²) in [6, 6.07) is 11.8. The van der Waals surface area contributed by atoms with E-state index in [2.05, 4.69) is 5.32 Å². The Hall–Kier alpha value is -2.69. The fourth-order valence-electron chi connectivity index (χ4n) is 3.56. The third-order valence-electron chi connectivity index (χ3n) is 4.71. The SMILES string of the molecule is Cc1cc(C)cc(C(=O)NCC(=O)N2CCC[C@@H]2c2ccc(F)cc2)c1. The van der Waals surface area contributed by atoms with E-state index < -0.39 is 0 Å². The van der Waals surface area contributed by atoms with Crippen LogP contribution in [0.15, 0.2) is 42.5 Å². The van der Waals surface area contributed by atoms with Crippen molar-refractivity contribution in [2.45, 2.75) is 32.7 Å². The fraction of sp³-hybridized carbons (Fsp3) is 0.333. The highest BCUT2D eigenvalue weighted by Gasteiger charge is 2.29. The number of nitrogens with zero attached hydrogens (tertiary/aromatic N) is 1. The van der Waals surface area contributed by atoms with Crippen LogP contribution in [0.3, 0.4) is 0 Å². The van der Waals surface area contributed by atoms with E-state index in [1.807, 2.05) is 32.0 Å². The molecule has 1 N–H and O–H groups in total. The van der Waals surface area contributed by atoms with Gasteiger partial charge in [-0.15, -0.1) is 0 Å². The minimum Gasteiger partial charge on any atom is -0.343 e. The van der Waals surface area contributed by atoms with Gasteiger partial charge in [0.05, 0.1) is 12.6 Å². The molecule has 26 heavy (non-hydrogen) atoms. The first-order valence-electron chi connectivity index (χ1n) is 8.85. The van der Waals surface area contributed by atoms with Gasteiger partial charge in [-0.05, 0) is 56.5 Å². The number of halogens is 1. The van der Waals surface area contributed by atoms with E-state index in [1.54, 1.807) is 17.0 Å². The smallest absolute Gasteiger partial charge is 0.251 e. The normalized spacial score (nSPS) is 16.6. The maximum Gasteiger partial charge on any atom is 0.251 e. The molecule has 2 aromatic carbocycles. The molecule has 0 aliphatic carbocycles. The number of carbonyl (C=O) groups is 2. The van der Waals surface area contributed by atoms with Crippen molar-refractivity contribution in [2.24, 2.45) is 0 Å². The molecule has 4 nitrogen and oxygen atoms in total. The van der Waals surface area contributed by atoms with Crippen molar-refractivity contribution in [2.75, 3.05) is 13.1 Å². The Bertz CT molecular complexity index is 797. The van der Waals surface area contributed by atoms with Crippen LogP contribution in [-0.2, 0) is 4.79 Å². The molecule has 1 aliphatic rings. The quantitative estimate of drug-likeness (QED) is 0.913. The lowest BCUT2D eigenvalue weighted by Gasteiger charge is -2.25. The van der Waals surface area contributed by atoms with E-state index in [0.29, 0.717) is 12.1 Å². The number of amides is 2. The third-order valence-corrected chi connectivity index (χ3v) is 4.71. The molecule has 1 saturated heterocycles. The van der Waals surface area contributed by atoms with E-state index in [0.717, 1.165) is 29.5 Å². The minimum absolute atomic E-state index is 0.0382. The zero-order valence-corrected chi connectivity index (χ0v) is 15.1. The predicted octanol–water partition coefficient (Wildman–Crippen LogP) is 3.54. The van der Waals surface area contributed by atoms with Gasteiger partial charge < -0.3 is 10.2 Å². The molecule has 0 bridgehead atoms. The summed E-state index contributed by atoms with van der Waals surface area (Å²) in [7, 11) is 0.